The van der Waals surface area contributed by atoms with Crippen LogP contribution in [0.1, 0.15) is 5.56 Å². The fraction of sp³-hybridized carbons (Fsp3) is 0.0833. The molecule has 0 aliphatic carbocycles. The van der Waals surface area contributed by atoms with Crippen molar-refractivity contribution < 1.29 is 14.1 Å². The Kier molecular flexibility index (Phi) is 3.62. The first-order valence-electron chi connectivity index (χ1n) is 5.21. The van der Waals surface area contributed by atoms with E-state index >= 15 is 0 Å². The van der Waals surface area contributed by atoms with Gasteiger partial charge in [-0.3, -0.25) is 10.1 Å². The molecule has 7 heteroatoms. The summed E-state index contributed by atoms with van der Waals surface area (Å²) in [6, 6.07) is 5.01. The molecule has 0 spiro atoms. The molecule has 0 aliphatic rings. The molecule has 0 bridgehead atoms. The van der Waals surface area contributed by atoms with Gasteiger partial charge in [-0.1, -0.05) is 11.6 Å². The van der Waals surface area contributed by atoms with Gasteiger partial charge in [0, 0.05) is 17.8 Å². The summed E-state index contributed by atoms with van der Waals surface area (Å²) in [6.07, 6.45) is 1.41. The Balaban J connectivity index is 2.36. The topological polar surface area (TPSA) is 65.3 Å². The number of pyridine rings is 1. The monoisotopic (exact) mass is 282 g/mol. The van der Waals surface area contributed by atoms with Crippen molar-refractivity contribution in [2.75, 3.05) is 0 Å². The van der Waals surface area contributed by atoms with E-state index in [0.717, 1.165) is 6.07 Å². The average molecular weight is 283 g/mol. The van der Waals surface area contributed by atoms with Gasteiger partial charge in [0.15, 0.2) is 11.6 Å². The van der Waals surface area contributed by atoms with Crippen molar-refractivity contribution in [3.63, 3.8) is 0 Å². The van der Waals surface area contributed by atoms with Crippen LogP contribution in [0.15, 0.2) is 30.5 Å². The van der Waals surface area contributed by atoms with Gasteiger partial charge in [-0.05, 0) is 19.1 Å². The molecule has 1 aromatic heterocycles. The van der Waals surface area contributed by atoms with Gasteiger partial charge in [0.25, 0.3) is 5.69 Å². The van der Waals surface area contributed by atoms with E-state index < -0.39 is 10.7 Å². The third-order valence-electron chi connectivity index (χ3n) is 2.37. The number of nitro groups is 1. The summed E-state index contributed by atoms with van der Waals surface area (Å²) < 4.78 is 19.0. The summed E-state index contributed by atoms with van der Waals surface area (Å²) >= 11 is 5.67. The van der Waals surface area contributed by atoms with E-state index in [0.29, 0.717) is 11.3 Å². The molecule has 0 radical (unpaired) electrons. The Labute approximate surface area is 112 Å². The molecule has 0 atom stereocenters. The molecule has 5 nitrogen and oxygen atoms in total. The van der Waals surface area contributed by atoms with Gasteiger partial charge >= 0.3 is 0 Å². The number of nitro benzene ring substituents is 1. The molecular formula is C12H8ClFN2O3. The van der Waals surface area contributed by atoms with Gasteiger partial charge in [0.2, 0.25) is 0 Å². The van der Waals surface area contributed by atoms with E-state index in [4.69, 9.17) is 16.3 Å². The lowest BCUT2D eigenvalue weighted by Gasteiger charge is -2.08. The smallest absolute Gasteiger partial charge is 0.275 e. The van der Waals surface area contributed by atoms with Crippen LogP contribution in [0.3, 0.4) is 0 Å². The van der Waals surface area contributed by atoms with Crippen LogP contribution < -0.4 is 4.74 Å². The van der Waals surface area contributed by atoms with Crippen molar-refractivity contribution in [3.05, 3.63) is 57.1 Å². The van der Waals surface area contributed by atoms with Gasteiger partial charge in [-0.15, -0.1) is 0 Å². The van der Waals surface area contributed by atoms with E-state index in [-0.39, 0.29) is 16.6 Å². The lowest BCUT2D eigenvalue weighted by Crippen LogP contribution is -1.96. The van der Waals surface area contributed by atoms with Gasteiger partial charge < -0.3 is 4.74 Å². The van der Waals surface area contributed by atoms with Crippen molar-refractivity contribution in [1.29, 1.82) is 0 Å². The second-order valence-electron chi connectivity index (χ2n) is 3.74. The molecule has 2 aromatic rings. The molecule has 2 rings (SSSR count). The van der Waals surface area contributed by atoms with Crippen molar-refractivity contribution in [3.8, 4) is 11.5 Å². The zero-order valence-corrected chi connectivity index (χ0v) is 10.5. The highest BCUT2D eigenvalue weighted by Crippen LogP contribution is 2.30. The maximum Gasteiger partial charge on any atom is 0.275 e. The van der Waals surface area contributed by atoms with Crippen LogP contribution in [0.4, 0.5) is 10.1 Å². The minimum Gasteiger partial charge on any atom is -0.454 e. The number of aromatic nitrogens is 1. The predicted octanol–water partition coefficient (Wildman–Crippen LogP) is 3.88. The Morgan fingerprint density at radius 1 is 1.42 bits per heavy atom. The van der Waals surface area contributed by atoms with Crippen LogP contribution >= 0.6 is 11.6 Å². The van der Waals surface area contributed by atoms with Crippen molar-refractivity contribution >= 4 is 17.3 Å². The third-order valence-corrected chi connectivity index (χ3v) is 2.58. The number of nitrogens with zero attached hydrogens (tertiary/aromatic N) is 2. The lowest BCUT2D eigenvalue weighted by atomic mass is 10.2. The Morgan fingerprint density at radius 2 is 2.16 bits per heavy atom. The van der Waals surface area contributed by atoms with Crippen LogP contribution in [0.5, 0.6) is 11.5 Å². The maximum absolute atomic E-state index is 13.7. The predicted molar refractivity (Wildman–Crippen MR) is 67.1 cm³/mol. The first kappa shape index (κ1) is 13.2. The Bertz CT molecular complexity index is 649. The summed E-state index contributed by atoms with van der Waals surface area (Å²) in [5.41, 5.74) is 0.0131. The first-order chi connectivity index (χ1) is 8.97. The molecule has 0 fully saturated rings. The fourth-order valence-corrected chi connectivity index (χ4v) is 1.66. The van der Waals surface area contributed by atoms with Crippen molar-refractivity contribution in [1.82, 2.24) is 4.98 Å². The van der Waals surface area contributed by atoms with E-state index in [1.54, 1.807) is 0 Å². The summed E-state index contributed by atoms with van der Waals surface area (Å²) in [5, 5.41) is 10.9. The molecule has 0 amide bonds. The number of ether oxygens (including phenoxy) is 1. The number of benzene rings is 1. The highest BCUT2D eigenvalue weighted by Gasteiger charge is 2.16. The van der Waals surface area contributed by atoms with Crippen molar-refractivity contribution in [2.45, 2.75) is 6.92 Å². The minimum atomic E-state index is -0.815. The standard InChI is InChI=1S/C12H8ClFN2O3/c1-7-4-11(9(14)6-10(7)16(17)18)19-8-2-3-15-12(13)5-8/h2-6H,1H3. The number of halogens is 2. The second-order valence-corrected chi connectivity index (χ2v) is 4.13. The fourth-order valence-electron chi connectivity index (χ4n) is 1.49. The summed E-state index contributed by atoms with van der Waals surface area (Å²) in [7, 11) is 0. The first-order valence-corrected chi connectivity index (χ1v) is 5.59. The van der Waals surface area contributed by atoms with Crippen molar-refractivity contribution in [2.24, 2.45) is 0 Å². The molecule has 19 heavy (non-hydrogen) atoms. The number of hydrogen-bond acceptors (Lipinski definition) is 4. The van der Waals surface area contributed by atoms with Crippen LogP contribution in [-0.2, 0) is 0 Å². The van der Waals surface area contributed by atoms with Crippen LogP contribution in [-0.4, -0.2) is 9.91 Å². The zero-order valence-electron chi connectivity index (χ0n) is 9.76. The minimum absolute atomic E-state index is 0.106. The number of rotatable bonds is 3. The van der Waals surface area contributed by atoms with Crippen LogP contribution in [0, 0.1) is 22.9 Å². The summed E-state index contributed by atoms with van der Waals surface area (Å²) in [4.78, 5) is 13.8. The SMILES string of the molecule is Cc1cc(Oc2ccnc(Cl)c2)c(F)cc1[N+](=O)[O-]. The van der Waals surface area contributed by atoms with Gasteiger partial charge in [0.1, 0.15) is 10.9 Å². The zero-order chi connectivity index (χ0) is 14.0. The van der Waals surface area contributed by atoms with E-state index in [9.17, 15) is 14.5 Å². The molecule has 0 unspecified atom stereocenters. The Morgan fingerprint density at radius 3 is 2.79 bits per heavy atom. The normalized spacial score (nSPS) is 10.3. The highest BCUT2D eigenvalue weighted by molar-refractivity contribution is 6.29. The molecule has 0 saturated carbocycles. The highest BCUT2D eigenvalue weighted by atomic mass is 35.5. The van der Waals surface area contributed by atoms with Crippen LogP contribution in [0.25, 0.3) is 0 Å². The largest absolute Gasteiger partial charge is 0.454 e. The second kappa shape index (κ2) is 5.19. The summed E-state index contributed by atoms with van der Waals surface area (Å²) in [6.45, 7) is 1.50. The molecule has 1 heterocycles. The van der Waals surface area contributed by atoms with E-state index in [1.165, 1.54) is 31.3 Å². The lowest BCUT2D eigenvalue weighted by molar-refractivity contribution is -0.385. The number of hydrogen-bond donors (Lipinski definition) is 0. The molecular weight excluding hydrogens is 275 g/mol. The molecule has 0 N–H and O–H groups in total. The Hall–Kier alpha value is -2.21. The quantitative estimate of drug-likeness (QED) is 0.487. The molecule has 98 valence electrons. The molecule has 0 aliphatic heterocycles. The van der Waals surface area contributed by atoms with Crippen LogP contribution in [0.2, 0.25) is 5.15 Å². The maximum atomic E-state index is 13.7. The van der Waals surface area contributed by atoms with Gasteiger partial charge in [-0.2, -0.15) is 0 Å². The van der Waals surface area contributed by atoms with Gasteiger partial charge in [-0.25, -0.2) is 9.37 Å². The number of aryl methyl sites for hydroxylation is 1. The summed E-state index contributed by atoms with van der Waals surface area (Å²) in [5.74, 6) is -0.622. The van der Waals surface area contributed by atoms with E-state index in [2.05, 4.69) is 4.98 Å². The van der Waals surface area contributed by atoms with E-state index in [1.807, 2.05) is 0 Å². The molecule has 0 saturated heterocycles. The average Bonchev–Trinajstić information content (AvgIpc) is 2.33. The third kappa shape index (κ3) is 2.97. The van der Waals surface area contributed by atoms with Gasteiger partial charge in [0.05, 0.1) is 11.0 Å². The molecule has 1 aromatic carbocycles.